The molecule has 1 aliphatic heterocycles. The van der Waals surface area contributed by atoms with Gasteiger partial charge in [-0.3, -0.25) is 5.32 Å². The van der Waals surface area contributed by atoms with E-state index in [4.69, 9.17) is 9.84 Å². The third kappa shape index (κ3) is 2.28. The summed E-state index contributed by atoms with van der Waals surface area (Å²) in [5.41, 5.74) is 0.443. The van der Waals surface area contributed by atoms with E-state index in [2.05, 4.69) is 21.2 Å². The van der Waals surface area contributed by atoms with E-state index in [9.17, 15) is 10.0 Å². The summed E-state index contributed by atoms with van der Waals surface area (Å²) in [5.74, 6) is 0.366. The zero-order chi connectivity index (χ0) is 12.6. The fraction of sp³-hybridized carbons (Fsp3) is 0.400. The Kier molecular flexibility index (Phi) is 3.10. The molecule has 0 aromatic rings. The predicted octanol–water partition coefficient (Wildman–Crippen LogP) is 1.37. The normalized spacial score (nSPS) is 27.6. The summed E-state index contributed by atoms with van der Waals surface area (Å²) >= 11 is 3.33. The van der Waals surface area contributed by atoms with Gasteiger partial charge in [0.2, 0.25) is 5.71 Å². The second kappa shape index (κ2) is 4.40. The molecule has 92 valence electrons. The third-order valence-electron chi connectivity index (χ3n) is 2.57. The smallest absolute Gasteiger partial charge is 0.409 e. The Balaban J connectivity index is 2.34. The number of hydroxylamine groups is 1. The van der Waals surface area contributed by atoms with Gasteiger partial charge in [-0.25, -0.2) is 4.79 Å². The highest BCUT2D eigenvalue weighted by molar-refractivity contribution is 9.11. The predicted molar refractivity (Wildman–Crippen MR) is 63.8 cm³/mol. The first-order valence-corrected chi connectivity index (χ1v) is 5.83. The number of halogens is 1. The van der Waals surface area contributed by atoms with Crippen molar-refractivity contribution in [2.75, 3.05) is 6.61 Å². The molecule has 0 saturated carbocycles. The number of allylic oxidation sites excluding steroid dienone is 4. The summed E-state index contributed by atoms with van der Waals surface area (Å²) in [6.07, 6.45) is 1.42. The SMILES string of the molecule is CC1C=C(Br)C=C2OCC(NC(=O)O)[N+]([O-])=C21. The van der Waals surface area contributed by atoms with Crippen molar-refractivity contribution in [3.63, 3.8) is 0 Å². The van der Waals surface area contributed by atoms with Crippen LogP contribution in [0.4, 0.5) is 4.79 Å². The van der Waals surface area contributed by atoms with Gasteiger partial charge in [-0.05, 0) is 6.92 Å². The molecule has 0 bridgehead atoms. The number of rotatable bonds is 1. The summed E-state index contributed by atoms with van der Waals surface area (Å²) in [5, 5.41) is 22.7. The topological polar surface area (TPSA) is 84.6 Å². The number of nitrogens with one attached hydrogen (secondary N) is 1. The highest BCUT2D eigenvalue weighted by Gasteiger charge is 2.36. The third-order valence-corrected chi connectivity index (χ3v) is 3.06. The van der Waals surface area contributed by atoms with Gasteiger partial charge in [-0.2, -0.15) is 4.74 Å². The van der Waals surface area contributed by atoms with Crippen LogP contribution in [0.15, 0.2) is 22.4 Å². The Morgan fingerprint density at radius 2 is 2.47 bits per heavy atom. The van der Waals surface area contributed by atoms with Crippen LogP contribution >= 0.6 is 15.9 Å². The van der Waals surface area contributed by atoms with Gasteiger partial charge in [0.05, 0.1) is 5.92 Å². The standard InChI is InChI=1S/C10H11BrN2O4/c1-5-2-6(11)3-7-9(5)13(16)8(4-17-7)12-10(14)15/h2-3,5,8,12H,4H2,1H3,(H,14,15). The number of ether oxygens (including phenoxy) is 1. The molecule has 17 heavy (non-hydrogen) atoms. The molecule has 2 aliphatic rings. The summed E-state index contributed by atoms with van der Waals surface area (Å²) in [6.45, 7) is 1.85. The second-order valence-corrected chi connectivity index (χ2v) is 4.75. The number of hydrogen-bond acceptors (Lipinski definition) is 3. The van der Waals surface area contributed by atoms with E-state index in [1.807, 2.05) is 13.0 Å². The van der Waals surface area contributed by atoms with Gasteiger partial charge in [0.1, 0.15) is 0 Å². The number of hydrogen-bond donors (Lipinski definition) is 2. The molecule has 2 atom stereocenters. The largest absolute Gasteiger partial charge is 0.622 e. The first kappa shape index (κ1) is 12.0. The van der Waals surface area contributed by atoms with Gasteiger partial charge in [-0.1, -0.05) is 22.0 Å². The van der Waals surface area contributed by atoms with E-state index in [1.165, 1.54) is 0 Å². The van der Waals surface area contributed by atoms with Crippen molar-refractivity contribution in [1.29, 1.82) is 0 Å². The number of fused-ring (bicyclic) bond motifs is 1. The Morgan fingerprint density at radius 3 is 3.12 bits per heavy atom. The zero-order valence-corrected chi connectivity index (χ0v) is 10.6. The van der Waals surface area contributed by atoms with Gasteiger partial charge >= 0.3 is 6.09 Å². The molecule has 0 aromatic carbocycles. The minimum atomic E-state index is -1.24. The van der Waals surface area contributed by atoms with Crippen molar-refractivity contribution < 1.29 is 19.4 Å². The Labute approximate surface area is 106 Å². The Hall–Kier alpha value is -1.50. The maximum absolute atomic E-state index is 12.0. The van der Waals surface area contributed by atoms with Crippen molar-refractivity contribution >= 4 is 27.7 Å². The zero-order valence-electron chi connectivity index (χ0n) is 9.01. The minimum absolute atomic E-state index is 0.00185. The van der Waals surface area contributed by atoms with Crippen molar-refractivity contribution in [3.05, 3.63) is 27.6 Å². The molecule has 2 rings (SSSR count). The summed E-state index contributed by atoms with van der Waals surface area (Å²) in [4.78, 5) is 10.5. The highest BCUT2D eigenvalue weighted by atomic mass is 79.9. The van der Waals surface area contributed by atoms with Crippen molar-refractivity contribution in [1.82, 2.24) is 5.32 Å². The molecule has 0 aromatic heterocycles. The number of carbonyl (C=O) groups is 1. The maximum atomic E-state index is 12.0. The number of nitrogens with zero attached hydrogens (tertiary/aromatic N) is 1. The molecule has 0 fully saturated rings. The molecular formula is C10H11BrN2O4. The highest BCUT2D eigenvalue weighted by Crippen LogP contribution is 2.27. The Bertz CT molecular complexity index is 455. The summed E-state index contributed by atoms with van der Waals surface area (Å²) in [6, 6.07) is 0. The van der Waals surface area contributed by atoms with E-state index in [-0.39, 0.29) is 12.5 Å². The average molecular weight is 303 g/mol. The molecule has 1 heterocycles. The molecule has 0 radical (unpaired) electrons. The Morgan fingerprint density at radius 1 is 1.76 bits per heavy atom. The minimum Gasteiger partial charge on any atom is -0.622 e. The van der Waals surface area contributed by atoms with Crippen LogP contribution in [0.3, 0.4) is 0 Å². The molecule has 1 aliphatic carbocycles. The van der Waals surface area contributed by atoms with Crippen molar-refractivity contribution in [3.8, 4) is 0 Å². The molecule has 7 heteroatoms. The van der Waals surface area contributed by atoms with E-state index in [0.717, 1.165) is 4.48 Å². The van der Waals surface area contributed by atoms with Crippen LogP contribution in [0.25, 0.3) is 0 Å². The van der Waals surface area contributed by atoms with Gasteiger partial charge in [-0.15, -0.1) is 0 Å². The molecule has 1 amide bonds. The molecular weight excluding hydrogens is 292 g/mol. The fourth-order valence-corrected chi connectivity index (χ4v) is 2.47. The van der Waals surface area contributed by atoms with Crippen LogP contribution in [0.5, 0.6) is 0 Å². The number of carboxylic acid groups (broad SMARTS) is 1. The lowest BCUT2D eigenvalue weighted by Crippen LogP contribution is -2.50. The van der Waals surface area contributed by atoms with E-state index >= 15 is 0 Å². The van der Waals surface area contributed by atoms with Crippen LogP contribution < -0.4 is 5.32 Å². The van der Waals surface area contributed by atoms with E-state index < -0.39 is 12.3 Å². The van der Waals surface area contributed by atoms with Crippen molar-refractivity contribution in [2.24, 2.45) is 5.92 Å². The van der Waals surface area contributed by atoms with Gasteiger partial charge < -0.3 is 15.1 Å². The molecule has 0 spiro atoms. The lowest BCUT2D eigenvalue weighted by molar-refractivity contribution is -0.519. The van der Waals surface area contributed by atoms with Gasteiger partial charge in [0, 0.05) is 10.6 Å². The molecule has 6 nitrogen and oxygen atoms in total. The van der Waals surface area contributed by atoms with E-state index in [1.54, 1.807) is 6.08 Å². The maximum Gasteiger partial charge on any atom is 0.409 e. The molecule has 0 saturated heterocycles. The molecule has 2 unspecified atom stereocenters. The fourth-order valence-electron chi connectivity index (χ4n) is 1.86. The second-order valence-electron chi connectivity index (χ2n) is 3.84. The van der Waals surface area contributed by atoms with Crippen LogP contribution in [0.1, 0.15) is 6.92 Å². The van der Waals surface area contributed by atoms with Crippen LogP contribution in [0.2, 0.25) is 0 Å². The quantitative estimate of drug-likeness (QED) is 0.566. The van der Waals surface area contributed by atoms with Gasteiger partial charge in [0.15, 0.2) is 12.4 Å². The van der Waals surface area contributed by atoms with E-state index in [0.29, 0.717) is 16.2 Å². The van der Waals surface area contributed by atoms with Gasteiger partial charge in [0.25, 0.3) is 6.17 Å². The van der Waals surface area contributed by atoms with Crippen molar-refractivity contribution in [2.45, 2.75) is 13.1 Å². The molecule has 2 N–H and O–H groups in total. The van der Waals surface area contributed by atoms with Crippen LogP contribution in [0, 0.1) is 11.1 Å². The monoisotopic (exact) mass is 302 g/mol. The average Bonchev–Trinajstić information content (AvgIpc) is 2.20. The first-order valence-electron chi connectivity index (χ1n) is 5.04. The number of amides is 1. The lowest BCUT2D eigenvalue weighted by atomic mass is 9.98. The lowest BCUT2D eigenvalue weighted by Gasteiger charge is -2.29. The summed E-state index contributed by atoms with van der Waals surface area (Å²) in [7, 11) is 0. The van der Waals surface area contributed by atoms with Crippen LogP contribution in [-0.2, 0) is 4.74 Å². The summed E-state index contributed by atoms with van der Waals surface area (Å²) < 4.78 is 6.91. The van der Waals surface area contributed by atoms with Crippen LogP contribution in [-0.4, -0.2) is 34.4 Å². The first-order chi connectivity index (χ1) is 7.99.